The quantitative estimate of drug-likeness (QED) is 0.604. The van der Waals surface area contributed by atoms with Crippen molar-refractivity contribution in [1.82, 2.24) is 15.1 Å². The molecule has 0 saturated carbocycles. The Bertz CT molecular complexity index is 1230. The number of benzene rings is 2. The average molecular weight is 434 g/mol. The van der Waals surface area contributed by atoms with E-state index >= 15 is 0 Å². The first kappa shape index (κ1) is 21.7. The van der Waals surface area contributed by atoms with Gasteiger partial charge in [0.1, 0.15) is 0 Å². The van der Waals surface area contributed by atoms with Crippen LogP contribution < -0.4 is 10.9 Å². The molecule has 1 N–H and O–H groups in total. The average Bonchev–Trinajstić information content (AvgIpc) is 2.80. The molecule has 1 atom stereocenters. The second-order valence-electron chi connectivity index (χ2n) is 8.28. The van der Waals surface area contributed by atoms with Crippen molar-refractivity contribution in [3.05, 3.63) is 75.2 Å². The molecule has 1 unspecified atom stereocenters. The molecule has 2 aromatic carbocycles. The van der Waals surface area contributed by atoms with Crippen molar-refractivity contribution in [3.8, 4) is 0 Å². The van der Waals surface area contributed by atoms with Crippen molar-refractivity contribution in [2.45, 2.75) is 45.1 Å². The molecule has 4 rings (SSSR count). The highest BCUT2D eigenvalue weighted by molar-refractivity contribution is 5.87. The van der Waals surface area contributed by atoms with Crippen LogP contribution in [0, 0.1) is 0 Å². The smallest absolute Gasteiger partial charge is 0.312 e. The van der Waals surface area contributed by atoms with Crippen molar-refractivity contribution in [2.24, 2.45) is 7.05 Å². The highest BCUT2D eigenvalue weighted by atomic mass is 16.5. The third-order valence-electron chi connectivity index (χ3n) is 5.96. The van der Waals surface area contributed by atoms with Crippen LogP contribution >= 0.6 is 0 Å². The fourth-order valence-corrected chi connectivity index (χ4v) is 4.23. The van der Waals surface area contributed by atoms with E-state index in [0.29, 0.717) is 16.5 Å². The maximum atomic E-state index is 12.3. The zero-order valence-electron chi connectivity index (χ0n) is 18.4. The van der Waals surface area contributed by atoms with Gasteiger partial charge in [-0.05, 0) is 55.4 Å². The molecule has 0 spiro atoms. The third kappa shape index (κ3) is 4.72. The number of ether oxygens (including phenoxy) is 1. The van der Waals surface area contributed by atoms with E-state index in [0.717, 1.165) is 18.4 Å². The van der Waals surface area contributed by atoms with Gasteiger partial charge in [0.15, 0.2) is 6.61 Å². The molecule has 1 aliphatic carbocycles. The normalized spacial score (nSPS) is 13.9. The number of nitrogens with one attached hydrogen (secondary N) is 1. The molecule has 7 nitrogen and oxygen atoms in total. The van der Waals surface area contributed by atoms with Crippen LogP contribution in [0.3, 0.4) is 0 Å². The molecular weight excluding hydrogens is 406 g/mol. The Morgan fingerprint density at radius 2 is 1.81 bits per heavy atom. The molecule has 1 amide bonds. The van der Waals surface area contributed by atoms with Gasteiger partial charge in [0.25, 0.3) is 11.5 Å². The SMILES string of the molecule is CC(NC(=O)COC(=O)Cc1nn(C)c(=O)c2ccccc12)c1ccc2c(c1)CCCC2. The van der Waals surface area contributed by atoms with Crippen LogP contribution in [-0.2, 0) is 40.6 Å². The van der Waals surface area contributed by atoms with E-state index < -0.39 is 5.97 Å². The van der Waals surface area contributed by atoms with Gasteiger partial charge < -0.3 is 10.1 Å². The molecule has 0 radical (unpaired) electrons. The van der Waals surface area contributed by atoms with Crippen LogP contribution in [0.1, 0.15) is 48.2 Å². The summed E-state index contributed by atoms with van der Waals surface area (Å²) in [6.45, 7) is 1.56. The number of rotatable bonds is 6. The number of fused-ring (bicyclic) bond motifs is 2. The fourth-order valence-electron chi connectivity index (χ4n) is 4.23. The van der Waals surface area contributed by atoms with Crippen LogP contribution in [0.5, 0.6) is 0 Å². The minimum atomic E-state index is -0.571. The zero-order valence-corrected chi connectivity index (χ0v) is 18.4. The van der Waals surface area contributed by atoms with Crippen molar-refractivity contribution in [3.63, 3.8) is 0 Å². The monoisotopic (exact) mass is 433 g/mol. The van der Waals surface area contributed by atoms with E-state index in [1.807, 2.05) is 6.92 Å². The zero-order chi connectivity index (χ0) is 22.7. The van der Waals surface area contributed by atoms with Crippen LogP contribution in [0.2, 0.25) is 0 Å². The maximum absolute atomic E-state index is 12.3. The summed E-state index contributed by atoms with van der Waals surface area (Å²) in [5, 5.41) is 8.18. The Labute approximate surface area is 186 Å². The van der Waals surface area contributed by atoms with Crippen LogP contribution in [0.4, 0.5) is 0 Å². The van der Waals surface area contributed by atoms with Gasteiger partial charge >= 0.3 is 5.97 Å². The molecule has 32 heavy (non-hydrogen) atoms. The van der Waals surface area contributed by atoms with E-state index in [1.165, 1.54) is 28.7 Å². The minimum absolute atomic E-state index is 0.123. The Morgan fingerprint density at radius 3 is 2.59 bits per heavy atom. The number of esters is 1. The van der Waals surface area contributed by atoms with Gasteiger partial charge in [-0.3, -0.25) is 14.4 Å². The summed E-state index contributed by atoms with van der Waals surface area (Å²) in [7, 11) is 1.54. The molecule has 0 aliphatic heterocycles. The lowest BCUT2D eigenvalue weighted by Crippen LogP contribution is -2.31. The molecular formula is C25H27N3O4. The van der Waals surface area contributed by atoms with Crippen molar-refractivity contribution in [2.75, 3.05) is 6.61 Å². The van der Waals surface area contributed by atoms with Gasteiger partial charge in [-0.25, -0.2) is 4.68 Å². The molecule has 7 heteroatoms. The van der Waals surface area contributed by atoms with E-state index in [2.05, 4.69) is 28.6 Å². The number of carbonyl (C=O) groups excluding carboxylic acids is 2. The number of nitrogens with zero attached hydrogens (tertiary/aromatic N) is 2. The molecule has 0 saturated heterocycles. The lowest BCUT2D eigenvalue weighted by atomic mass is 9.89. The molecule has 0 fully saturated rings. The Kier molecular flexibility index (Phi) is 6.35. The first-order valence-electron chi connectivity index (χ1n) is 10.9. The van der Waals surface area contributed by atoms with Gasteiger partial charge in [-0.2, -0.15) is 5.10 Å². The number of aryl methyl sites for hydroxylation is 3. The van der Waals surface area contributed by atoms with Gasteiger partial charge in [0.2, 0.25) is 0 Å². The van der Waals surface area contributed by atoms with Crippen LogP contribution in [0.15, 0.2) is 47.3 Å². The fraction of sp³-hybridized carbons (Fsp3) is 0.360. The van der Waals surface area contributed by atoms with Crippen molar-refractivity contribution >= 4 is 22.6 Å². The topological polar surface area (TPSA) is 90.3 Å². The second kappa shape index (κ2) is 9.34. The summed E-state index contributed by atoms with van der Waals surface area (Å²) >= 11 is 0. The number of hydrogen-bond acceptors (Lipinski definition) is 5. The molecule has 166 valence electrons. The number of hydrogen-bond donors (Lipinski definition) is 1. The summed E-state index contributed by atoms with van der Waals surface area (Å²) in [5.74, 6) is -0.931. The Hall–Kier alpha value is -3.48. The lowest BCUT2D eigenvalue weighted by Gasteiger charge is -2.20. The van der Waals surface area contributed by atoms with Crippen LogP contribution in [-0.4, -0.2) is 28.3 Å². The predicted octanol–water partition coefficient (Wildman–Crippen LogP) is 2.78. The summed E-state index contributed by atoms with van der Waals surface area (Å²) in [5.41, 5.74) is 4.01. The molecule has 1 aliphatic rings. The molecule has 3 aromatic rings. The van der Waals surface area contributed by atoms with Crippen LogP contribution in [0.25, 0.3) is 10.8 Å². The summed E-state index contributed by atoms with van der Waals surface area (Å²) in [6, 6.07) is 13.2. The highest BCUT2D eigenvalue weighted by Gasteiger charge is 2.17. The Balaban J connectivity index is 1.34. The molecule has 1 aromatic heterocycles. The number of carbonyl (C=O) groups is 2. The standard InChI is InChI=1S/C25H27N3O4/c1-16(18-12-11-17-7-3-4-8-19(17)13-18)26-23(29)15-32-24(30)14-22-20-9-5-6-10-21(20)25(31)28(2)27-22/h5-6,9-13,16H,3-4,7-8,14-15H2,1-2H3,(H,26,29). The van der Waals surface area contributed by atoms with E-state index in [9.17, 15) is 14.4 Å². The Morgan fingerprint density at radius 1 is 1.09 bits per heavy atom. The largest absolute Gasteiger partial charge is 0.455 e. The van der Waals surface area contributed by atoms with Crippen molar-refractivity contribution in [1.29, 1.82) is 0 Å². The molecule has 0 bridgehead atoms. The molecule has 1 heterocycles. The number of amides is 1. The third-order valence-corrected chi connectivity index (χ3v) is 5.96. The number of aromatic nitrogens is 2. The van der Waals surface area contributed by atoms with Crippen molar-refractivity contribution < 1.29 is 14.3 Å². The summed E-state index contributed by atoms with van der Waals surface area (Å²) < 4.78 is 6.38. The van der Waals surface area contributed by atoms with Gasteiger partial charge in [-0.15, -0.1) is 0 Å². The first-order chi connectivity index (χ1) is 15.4. The first-order valence-corrected chi connectivity index (χ1v) is 10.9. The second-order valence-corrected chi connectivity index (χ2v) is 8.28. The van der Waals surface area contributed by atoms with Gasteiger partial charge in [0.05, 0.1) is 23.5 Å². The van der Waals surface area contributed by atoms with E-state index in [4.69, 9.17) is 4.74 Å². The maximum Gasteiger partial charge on any atom is 0.312 e. The summed E-state index contributed by atoms with van der Waals surface area (Å²) in [6.07, 6.45) is 4.50. The van der Waals surface area contributed by atoms with Gasteiger partial charge in [0, 0.05) is 12.4 Å². The minimum Gasteiger partial charge on any atom is -0.455 e. The lowest BCUT2D eigenvalue weighted by molar-refractivity contribution is -0.148. The highest BCUT2D eigenvalue weighted by Crippen LogP contribution is 2.24. The van der Waals surface area contributed by atoms with E-state index in [-0.39, 0.29) is 30.5 Å². The van der Waals surface area contributed by atoms with Gasteiger partial charge in [-0.1, -0.05) is 36.4 Å². The van der Waals surface area contributed by atoms with E-state index in [1.54, 1.807) is 31.3 Å². The summed E-state index contributed by atoms with van der Waals surface area (Å²) in [4.78, 5) is 36.9. The predicted molar refractivity (Wildman–Crippen MR) is 121 cm³/mol.